The Morgan fingerprint density at radius 3 is 2.63 bits per heavy atom. The fourth-order valence-electron chi connectivity index (χ4n) is 2.94. The molecule has 0 aliphatic carbocycles. The molecule has 0 spiro atoms. The van der Waals surface area contributed by atoms with E-state index >= 15 is 0 Å². The Kier molecular flexibility index (Phi) is 7.47. The number of thiazole rings is 1. The third-order valence-corrected chi connectivity index (χ3v) is 6.54. The first-order valence-corrected chi connectivity index (χ1v) is 12.3. The van der Waals surface area contributed by atoms with E-state index in [2.05, 4.69) is 17.3 Å². The maximum Gasteiger partial charge on any atom is 0.175 e. The fourth-order valence-corrected chi connectivity index (χ4v) is 4.41. The van der Waals surface area contributed by atoms with Crippen molar-refractivity contribution >= 4 is 21.2 Å². The summed E-state index contributed by atoms with van der Waals surface area (Å²) in [6.45, 7) is 2.12. The van der Waals surface area contributed by atoms with Crippen molar-refractivity contribution in [1.82, 2.24) is 9.88 Å². The number of ether oxygens (including phenoxy) is 2. The van der Waals surface area contributed by atoms with Crippen LogP contribution in [-0.2, 0) is 16.4 Å². The normalized spacial score (nSPS) is 11.6. The highest BCUT2D eigenvalue weighted by molar-refractivity contribution is 7.90. The molecule has 3 rings (SSSR count). The third-order valence-electron chi connectivity index (χ3n) is 4.49. The number of hydrogen-bond donors (Lipinski definition) is 0. The van der Waals surface area contributed by atoms with Gasteiger partial charge >= 0.3 is 0 Å². The number of hydrogen-bond acceptors (Lipinski definition) is 7. The fraction of sp³-hybridized carbons (Fsp3) is 0.318. The minimum atomic E-state index is -3.23. The first kappa shape index (κ1) is 22.3. The summed E-state index contributed by atoms with van der Waals surface area (Å²) in [5, 5.41) is 3.06. The van der Waals surface area contributed by atoms with Gasteiger partial charge in [-0.3, -0.25) is 0 Å². The summed E-state index contributed by atoms with van der Waals surface area (Å²) in [7, 11) is 0.483. The van der Waals surface area contributed by atoms with E-state index in [-0.39, 0.29) is 4.90 Å². The van der Waals surface area contributed by atoms with Gasteiger partial charge in [0.2, 0.25) is 0 Å². The van der Waals surface area contributed by atoms with E-state index in [0.29, 0.717) is 12.4 Å². The molecule has 1 heterocycles. The Labute approximate surface area is 182 Å². The molecule has 0 N–H and O–H groups in total. The van der Waals surface area contributed by atoms with Gasteiger partial charge in [0.15, 0.2) is 9.84 Å². The molecule has 30 heavy (non-hydrogen) atoms. The summed E-state index contributed by atoms with van der Waals surface area (Å²) in [6.07, 6.45) is 2.02. The maximum absolute atomic E-state index is 11.6. The molecule has 160 valence electrons. The number of methoxy groups -OCH3 is 1. The molecule has 0 aliphatic rings. The zero-order valence-electron chi connectivity index (χ0n) is 17.4. The average molecular weight is 447 g/mol. The molecular weight excluding hydrogens is 420 g/mol. The van der Waals surface area contributed by atoms with Crippen molar-refractivity contribution in [2.45, 2.75) is 17.9 Å². The molecule has 1 aromatic heterocycles. The first-order valence-electron chi connectivity index (χ1n) is 9.55. The van der Waals surface area contributed by atoms with Crippen LogP contribution >= 0.6 is 11.3 Å². The van der Waals surface area contributed by atoms with Crippen molar-refractivity contribution in [3.05, 3.63) is 59.6 Å². The largest absolute Gasteiger partial charge is 0.497 e. The number of sulfone groups is 1. The van der Waals surface area contributed by atoms with Crippen LogP contribution < -0.4 is 9.47 Å². The van der Waals surface area contributed by atoms with Crippen molar-refractivity contribution in [2.75, 3.05) is 33.6 Å². The number of benzene rings is 2. The van der Waals surface area contributed by atoms with E-state index in [9.17, 15) is 8.42 Å². The van der Waals surface area contributed by atoms with E-state index < -0.39 is 9.84 Å². The molecule has 0 amide bonds. The minimum absolute atomic E-state index is 0.271. The Hall–Kier alpha value is -2.42. The van der Waals surface area contributed by atoms with Crippen molar-refractivity contribution in [2.24, 2.45) is 0 Å². The molecular formula is C22H26N2O4S2. The zero-order chi connectivity index (χ0) is 21.6. The van der Waals surface area contributed by atoms with Crippen LogP contribution in [0.15, 0.2) is 58.8 Å². The smallest absolute Gasteiger partial charge is 0.175 e. The molecule has 0 bridgehead atoms. The molecule has 0 saturated heterocycles. The van der Waals surface area contributed by atoms with Gasteiger partial charge in [-0.05, 0) is 43.8 Å². The summed E-state index contributed by atoms with van der Waals surface area (Å²) >= 11 is 1.63. The van der Waals surface area contributed by atoms with Crippen molar-refractivity contribution in [3.63, 3.8) is 0 Å². The molecule has 0 unspecified atom stereocenters. The summed E-state index contributed by atoms with van der Waals surface area (Å²) < 4.78 is 34.3. The maximum atomic E-state index is 11.6. The van der Waals surface area contributed by atoms with Crippen LogP contribution in [0.25, 0.3) is 10.6 Å². The molecule has 0 saturated carbocycles. The Bertz CT molecular complexity index is 1080. The van der Waals surface area contributed by atoms with Gasteiger partial charge in [-0.2, -0.15) is 0 Å². The molecule has 0 fully saturated rings. The van der Waals surface area contributed by atoms with Gasteiger partial charge in [0, 0.05) is 30.3 Å². The van der Waals surface area contributed by atoms with E-state index in [1.807, 2.05) is 24.3 Å². The van der Waals surface area contributed by atoms with Crippen molar-refractivity contribution in [3.8, 4) is 22.1 Å². The van der Waals surface area contributed by atoms with Crippen molar-refractivity contribution < 1.29 is 17.9 Å². The van der Waals surface area contributed by atoms with E-state index in [0.717, 1.165) is 41.5 Å². The predicted octanol–water partition coefficient (Wildman–Crippen LogP) is 4.12. The molecule has 2 aromatic carbocycles. The second-order valence-electron chi connectivity index (χ2n) is 7.06. The number of rotatable bonds is 10. The van der Waals surface area contributed by atoms with Gasteiger partial charge < -0.3 is 14.4 Å². The van der Waals surface area contributed by atoms with Gasteiger partial charge in [-0.25, -0.2) is 13.4 Å². The lowest BCUT2D eigenvalue weighted by Crippen LogP contribution is -2.21. The second kappa shape index (κ2) is 10.1. The molecule has 0 aliphatic heterocycles. The summed E-state index contributed by atoms with van der Waals surface area (Å²) in [4.78, 5) is 7.20. The molecule has 3 aromatic rings. The average Bonchev–Trinajstić information content (AvgIpc) is 3.19. The first-order chi connectivity index (χ1) is 14.3. The molecule has 0 atom stereocenters. The minimum Gasteiger partial charge on any atom is -0.497 e. The van der Waals surface area contributed by atoms with Gasteiger partial charge in [-0.1, -0.05) is 18.2 Å². The van der Waals surface area contributed by atoms with Gasteiger partial charge in [0.05, 0.1) is 24.3 Å². The summed E-state index contributed by atoms with van der Waals surface area (Å²) in [6, 6.07) is 14.5. The Morgan fingerprint density at radius 2 is 1.87 bits per heavy atom. The Balaban J connectivity index is 1.46. The van der Waals surface area contributed by atoms with Crippen LogP contribution in [0.4, 0.5) is 0 Å². The summed E-state index contributed by atoms with van der Waals surface area (Å²) in [5.74, 6) is 1.39. The Morgan fingerprint density at radius 1 is 1.10 bits per heavy atom. The summed E-state index contributed by atoms with van der Waals surface area (Å²) in [5.41, 5.74) is 2.08. The van der Waals surface area contributed by atoms with Gasteiger partial charge in [0.25, 0.3) is 0 Å². The monoisotopic (exact) mass is 446 g/mol. The lowest BCUT2D eigenvalue weighted by molar-refractivity contribution is 0.257. The predicted molar refractivity (Wildman–Crippen MR) is 120 cm³/mol. The highest BCUT2D eigenvalue weighted by atomic mass is 32.2. The quantitative estimate of drug-likeness (QED) is 0.436. The highest BCUT2D eigenvalue weighted by Gasteiger charge is 2.09. The second-order valence-corrected chi connectivity index (χ2v) is 9.94. The number of aromatic nitrogens is 1. The van der Waals surface area contributed by atoms with E-state index in [1.54, 1.807) is 42.7 Å². The molecule has 6 nitrogen and oxygen atoms in total. The zero-order valence-corrected chi connectivity index (χ0v) is 19.0. The van der Waals surface area contributed by atoms with Crippen LogP contribution in [0.1, 0.15) is 12.1 Å². The van der Waals surface area contributed by atoms with E-state index in [1.165, 1.54) is 6.26 Å². The lowest BCUT2D eigenvalue weighted by Gasteiger charge is -2.15. The topological polar surface area (TPSA) is 68.7 Å². The third kappa shape index (κ3) is 6.29. The van der Waals surface area contributed by atoms with Gasteiger partial charge in [-0.15, -0.1) is 11.3 Å². The lowest BCUT2D eigenvalue weighted by atomic mass is 10.2. The van der Waals surface area contributed by atoms with Gasteiger partial charge in [0.1, 0.15) is 16.5 Å². The molecule has 0 radical (unpaired) electrons. The molecule has 8 heteroatoms. The van der Waals surface area contributed by atoms with Crippen LogP contribution in [0.2, 0.25) is 0 Å². The van der Waals surface area contributed by atoms with Crippen molar-refractivity contribution in [1.29, 1.82) is 0 Å². The van der Waals surface area contributed by atoms with Crippen LogP contribution in [0.5, 0.6) is 11.5 Å². The highest BCUT2D eigenvalue weighted by Crippen LogP contribution is 2.27. The standard InChI is InChI=1S/C22H26N2O4S2/c1-24(11-6-12-28-20-9-5-10-21(14-20)30(3,25)26)15-18-16-29-22(23-18)17-7-4-8-19(13-17)27-2/h4-5,7-10,13-14,16H,6,11-12,15H2,1-3H3. The van der Waals surface area contributed by atoms with E-state index in [4.69, 9.17) is 14.5 Å². The SMILES string of the molecule is COc1cccc(-c2nc(CN(C)CCCOc3cccc(S(C)(=O)=O)c3)cs2)c1. The van der Waals surface area contributed by atoms with Crippen LogP contribution in [0.3, 0.4) is 0 Å². The number of nitrogens with zero attached hydrogens (tertiary/aromatic N) is 2. The van der Waals surface area contributed by atoms with Crippen LogP contribution in [-0.4, -0.2) is 51.9 Å². The van der Waals surface area contributed by atoms with Crippen LogP contribution in [0, 0.1) is 0 Å².